The van der Waals surface area contributed by atoms with Gasteiger partial charge in [-0.1, -0.05) is 29.8 Å². The fourth-order valence-corrected chi connectivity index (χ4v) is 1.55. The van der Waals surface area contributed by atoms with Gasteiger partial charge in [0.1, 0.15) is 5.92 Å². The smallest absolute Gasteiger partial charge is 0.156 e. The lowest BCUT2D eigenvalue weighted by atomic mass is 9.94. The number of hydrogen-bond acceptors (Lipinski definition) is 3. The molecule has 0 radical (unpaired) electrons. The molecule has 0 aromatic heterocycles. The van der Waals surface area contributed by atoms with Crippen LogP contribution >= 0.6 is 0 Å². The normalized spacial score (nSPS) is 11.8. The standard InChI is InChI=1S/C14H17NO2/c1-3-17-9-8-14(16)13(10-15)12-6-4-11(2)5-7-12/h4-7,13H,3,8-9H2,1-2H3. The van der Waals surface area contributed by atoms with E-state index >= 15 is 0 Å². The number of nitriles is 1. The van der Waals surface area contributed by atoms with Crippen LogP contribution in [0.15, 0.2) is 24.3 Å². The van der Waals surface area contributed by atoms with Gasteiger partial charge in [-0.25, -0.2) is 0 Å². The second-order valence-corrected chi connectivity index (χ2v) is 3.89. The summed E-state index contributed by atoms with van der Waals surface area (Å²) in [5, 5.41) is 9.06. The molecule has 3 nitrogen and oxygen atoms in total. The molecule has 0 aliphatic heterocycles. The van der Waals surface area contributed by atoms with Crippen LogP contribution in [0.4, 0.5) is 0 Å². The minimum Gasteiger partial charge on any atom is -0.381 e. The predicted octanol–water partition coefficient (Wildman–Crippen LogP) is 2.60. The number of aryl methyl sites for hydroxylation is 1. The van der Waals surface area contributed by atoms with Crippen molar-refractivity contribution >= 4 is 5.78 Å². The van der Waals surface area contributed by atoms with E-state index in [2.05, 4.69) is 6.07 Å². The van der Waals surface area contributed by atoms with Gasteiger partial charge in [0.15, 0.2) is 5.78 Å². The van der Waals surface area contributed by atoms with Crippen LogP contribution in [0, 0.1) is 18.3 Å². The number of rotatable bonds is 6. The van der Waals surface area contributed by atoms with E-state index in [1.807, 2.05) is 38.1 Å². The molecule has 1 rings (SSSR count). The largest absolute Gasteiger partial charge is 0.381 e. The fraction of sp³-hybridized carbons (Fsp3) is 0.429. The number of hydrogen-bond donors (Lipinski definition) is 0. The second-order valence-electron chi connectivity index (χ2n) is 3.89. The van der Waals surface area contributed by atoms with Crippen molar-refractivity contribution in [3.05, 3.63) is 35.4 Å². The Balaban J connectivity index is 2.68. The van der Waals surface area contributed by atoms with Crippen LogP contribution in [0.25, 0.3) is 0 Å². The molecule has 90 valence electrons. The van der Waals surface area contributed by atoms with Gasteiger partial charge < -0.3 is 4.74 Å². The molecule has 0 saturated carbocycles. The summed E-state index contributed by atoms with van der Waals surface area (Å²) in [7, 11) is 0. The average molecular weight is 231 g/mol. The second kappa shape index (κ2) is 6.82. The maximum Gasteiger partial charge on any atom is 0.156 e. The number of carbonyl (C=O) groups is 1. The molecule has 3 heteroatoms. The Labute approximate surface area is 102 Å². The van der Waals surface area contributed by atoms with Gasteiger partial charge in [-0.05, 0) is 19.4 Å². The first-order valence-corrected chi connectivity index (χ1v) is 5.75. The summed E-state index contributed by atoms with van der Waals surface area (Å²) < 4.78 is 5.12. The average Bonchev–Trinajstić information content (AvgIpc) is 2.33. The summed E-state index contributed by atoms with van der Waals surface area (Å²) in [5.74, 6) is -0.749. The Bertz CT molecular complexity index is 403. The van der Waals surface area contributed by atoms with Crippen molar-refractivity contribution in [3.63, 3.8) is 0 Å². The third-order valence-corrected chi connectivity index (χ3v) is 2.56. The zero-order valence-corrected chi connectivity index (χ0v) is 10.3. The Morgan fingerprint density at radius 1 is 1.41 bits per heavy atom. The summed E-state index contributed by atoms with van der Waals surface area (Å²) in [6.07, 6.45) is 0.292. The van der Waals surface area contributed by atoms with E-state index in [0.717, 1.165) is 11.1 Å². The summed E-state index contributed by atoms with van der Waals surface area (Å²) >= 11 is 0. The van der Waals surface area contributed by atoms with E-state index in [4.69, 9.17) is 10.00 Å². The maximum atomic E-state index is 11.8. The van der Waals surface area contributed by atoms with Crippen molar-refractivity contribution in [2.24, 2.45) is 0 Å². The molecular weight excluding hydrogens is 214 g/mol. The van der Waals surface area contributed by atoms with Gasteiger partial charge in [0.25, 0.3) is 0 Å². The van der Waals surface area contributed by atoms with Crippen LogP contribution in [-0.2, 0) is 9.53 Å². The minimum absolute atomic E-state index is 0.0789. The Morgan fingerprint density at radius 3 is 2.59 bits per heavy atom. The molecule has 0 aliphatic rings. The number of benzene rings is 1. The Morgan fingerprint density at radius 2 is 2.06 bits per heavy atom. The summed E-state index contributed by atoms with van der Waals surface area (Å²) in [4.78, 5) is 11.8. The molecule has 1 aromatic rings. The lowest BCUT2D eigenvalue weighted by molar-refractivity contribution is -0.120. The molecule has 1 aromatic carbocycles. The number of Topliss-reactive ketones (excluding diaryl/α,β-unsaturated/α-hetero) is 1. The maximum absolute atomic E-state index is 11.8. The third kappa shape index (κ3) is 4.01. The summed E-state index contributed by atoms with van der Waals surface area (Å²) in [6, 6.07) is 9.55. The number of ether oxygens (including phenoxy) is 1. The van der Waals surface area contributed by atoms with Crippen molar-refractivity contribution in [3.8, 4) is 6.07 Å². The van der Waals surface area contributed by atoms with Gasteiger partial charge in [0.05, 0.1) is 12.7 Å². The van der Waals surface area contributed by atoms with Gasteiger partial charge in [0.2, 0.25) is 0 Å². The van der Waals surface area contributed by atoms with Gasteiger partial charge in [0, 0.05) is 13.0 Å². The zero-order chi connectivity index (χ0) is 12.7. The monoisotopic (exact) mass is 231 g/mol. The van der Waals surface area contributed by atoms with Crippen LogP contribution in [0.5, 0.6) is 0 Å². The Hall–Kier alpha value is -1.66. The zero-order valence-electron chi connectivity index (χ0n) is 10.3. The lowest BCUT2D eigenvalue weighted by Gasteiger charge is -2.08. The van der Waals surface area contributed by atoms with Crippen molar-refractivity contribution in [2.75, 3.05) is 13.2 Å². The van der Waals surface area contributed by atoms with Crippen molar-refractivity contribution in [2.45, 2.75) is 26.2 Å². The molecule has 0 bridgehead atoms. The number of carbonyl (C=O) groups excluding carboxylic acids is 1. The molecule has 0 heterocycles. The van der Waals surface area contributed by atoms with E-state index in [1.54, 1.807) is 0 Å². The van der Waals surface area contributed by atoms with Crippen LogP contribution in [-0.4, -0.2) is 19.0 Å². The van der Waals surface area contributed by atoms with Gasteiger partial charge in [-0.2, -0.15) is 5.26 Å². The molecular formula is C14H17NO2. The molecule has 0 amide bonds. The van der Waals surface area contributed by atoms with Crippen molar-refractivity contribution in [1.29, 1.82) is 5.26 Å². The van der Waals surface area contributed by atoms with E-state index in [9.17, 15) is 4.79 Å². The minimum atomic E-state index is -0.670. The first-order valence-electron chi connectivity index (χ1n) is 5.75. The van der Waals surface area contributed by atoms with Crippen LogP contribution in [0.3, 0.4) is 0 Å². The van der Waals surface area contributed by atoms with E-state index < -0.39 is 5.92 Å². The summed E-state index contributed by atoms with van der Waals surface area (Å²) in [5.41, 5.74) is 1.88. The van der Waals surface area contributed by atoms with Gasteiger partial charge in [-0.3, -0.25) is 4.79 Å². The van der Waals surface area contributed by atoms with Crippen LogP contribution in [0.2, 0.25) is 0 Å². The third-order valence-electron chi connectivity index (χ3n) is 2.56. The van der Waals surface area contributed by atoms with E-state index in [0.29, 0.717) is 19.6 Å². The summed E-state index contributed by atoms with van der Waals surface area (Å²) in [6.45, 7) is 4.84. The number of ketones is 1. The van der Waals surface area contributed by atoms with Crippen LogP contribution in [0.1, 0.15) is 30.4 Å². The van der Waals surface area contributed by atoms with Gasteiger partial charge >= 0.3 is 0 Å². The van der Waals surface area contributed by atoms with Crippen molar-refractivity contribution in [1.82, 2.24) is 0 Å². The van der Waals surface area contributed by atoms with Gasteiger partial charge in [-0.15, -0.1) is 0 Å². The molecule has 17 heavy (non-hydrogen) atoms. The quantitative estimate of drug-likeness (QED) is 0.707. The fourth-order valence-electron chi connectivity index (χ4n) is 1.55. The van der Waals surface area contributed by atoms with E-state index in [1.165, 1.54) is 0 Å². The molecule has 1 unspecified atom stereocenters. The molecule has 0 aliphatic carbocycles. The topological polar surface area (TPSA) is 50.1 Å². The first kappa shape index (κ1) is 13.4. The molecule has 0 N–H and O–H groups in total. The highest BCUT2D eigenvalue weighted by Gasteiger charge is 2.19. The highest BCUT2D eigenvalue weighted by Crippen LogP contribution is 2.18. The Kier molecular flexibility index (Phi) is 5.38. The lowest BCUT2D eigenvalue weighted by Crippen LogP contribution is -2.13. The molecule has 1 atom stereocenters. The van der Waals surface area contributed by atoms with Crippen molar-refractivity contribution < 1.29 is 9.53 Å². The molecule has 0 saturated heterocycles. The predicted molar refractivity (Wildman–Crippen MR) is 65.7 cm³/mol. The molecule has 0 spiro atoms. The van der Waals surface area contributed by atoms with E-state index in [-0.39, 0.29) is 5.78 Å². The first-order chi connectivity index (χ1) is 8.19. The number of nitrogens with zero attached hydrogens (tertiary/aromatic N) is 1. The van der Waals surface area contributed by atoms with Crippen LogP contribution < -0.4 is 0 Å². The molecule has 0 fully saturated rings. The SMILES string of the molecule is CCOCCC(=O)C(C#N)c1ccc(C)cc1. The highest BCUT2D eigenvalue weighted by molar-refractivity contribution is 5.88. The highest BCUT2D eigenvalue weighted by atomic mass is 16.5.